The largest absolute Gasteiger partial charge is 0.390 e. The summed E-state index contributed by atoms with van der Waals surface area (Å²) in [5.74, 6) is 0. The lowest BCUT2D eigenvalue weighted by atomic mass is 10.1. The third kappa shape index (κ3) is 2.26. The Kier molecular flexibility index (Phi) is 2.23. The number of hydrogen-bond donors (Lipinski definition) is 1. The van der Waals surface area contributed by atoms with Crippen molar-refractivity contribution in [1.82, 2.24) is 5.32 Å². The van der Waals surface area contributed by atoms with Gasteiger partial charge in [-0.3, -0.25) is 0 Å². The van der Waals surface area contributed by atoms with Crippen LogP contribution in [0.2, 0.25) is 0 Å². The van der Waals surface area contributed by atoms with E-state index in [4.69, 9.17) is 0 Å². The molecule has 1 fully saturated rings. The Balaban J connectivity index is 1.94. The van der Waals surface area contributed by atoms with Crippen molar-refractivity contribution in [3.05, 3.63) is 35.9 Å². The Morgan fingerprint density at radius 2 is 1.79 bits per heavy atom. The highest BCUT2D eigenvalue weighted by Gasteiger charge is 2.45. The molecule has 0 radical (unpaired) electrons. The van der Waals surface area contributed by atoms with Gasteiger partial charge in [0.1, 0.15) is 0 Å². The molecule has 1 aromatic carbocycles. The molecule has 2 atom stereocenters. The molecule has 1 saturated heterocycles. The average Bonchev–Trinajstić information content (AvgIpc) is 2.82. The molecule has 0 amide bonds. The molecule has 0 spiro atoms. The maximum Gasteiger partial charge on any atom is 0.390 e. The molecule has 1 heterocycles. The normalized spacial score (nSPS) is 26.2. The van der Waals surface area contributed by atoms with Crippen molar-refractivity contribution < 1.29 is 13.2 Å². The quantitative estimate of drug-likeness (QED) is 0.730. The van der Waals surface area contributed by atoms with Crippen molar-refractivity contribution in [3.63, 3.8) is 0 Å². The van der Waals surface area contributed by atoms with Gasteiger partial charge in [0.15, 0.2) is 0 Å². The summed E-state index contributed by atoms with van der Waals surface area (Å²) in [4.78, 5) is 0. The standard InChI is InChI=1S/C10H10F3N/c11-10(12,13)6-8-9(14-8)7-4-2-1-3-5-7/h1-5,8-9,14H,6H2. The summed E-state index contributed by atoms with van der Waals surface area (Å²) in [5, 5.41) is 2.82. The van der Waals surface area contributed by atoms with Crippen LogP contribution in [0.25, 0.3) is 0 Å². The summed E-state index contributed by atoms with van der Waals surface area (Å²) in [6, 6.07) is 8.65. The van der Waals surface area contributed by atoms with E-state index < -0.39 is 18.6 Å². The van der Waals surface area contributed by atoms with Gasteiger partial charge in [0.2, 0.25) is 0 Å². The zero-order valence-corrected chi connectivity index (χ0v) is 7.38. The number of benzene rings is 1. The van der Waals surface area contributed by atoms with E-state index in [9.17, 15) is 13.2 Å². The molecule has 0 aromatic heterocycles. The fourth-order valence-corrected chi connectivity index (χ4v) is 1.59. The maximum atomic E-state index is 12.0. The first-order valence-electron chi connectivity index (χ1n) is 4.44. The van der Waals surface area contributed by atoms with E-state index >= 15 is 0 Å². The number of rotatable bonds is 2. The van der Waals surface area contributed by atoms with Crippen LogP contribution in [0.4, 0.5) is 13.2 Å². The molecule has 1 N–H and O–H groups in total. The van der Waals surface area contributed by atoms with Crippen LogP contribution in [0.15, 0.2) is 30.3 Å². The van der Waals surface area contributed by atoms with E-state index in [0.29, 0.717) is 0 Å². The van der Waals surface area contributed by atoms with Crippen LogP contribution < -0.4 is 5.32 Å². The van der Waals surface area contributed by atoms with Crippen molar-refractivity contribution in [3.8, 4) is 0 Å². The zero-order chi connectivity index (χ0) is 10.2. The second kappa shape index (κ2) is 3.28. The Labute approximate surface area is 79.9 Å². The topological polar surface area (TPSA) is 21.9 Å². The van der Waals surface area contributed by atoms with E-state index in [1.165, 1.54) is 0 Å². The third-order valence-electron chi connectivity index (χ3n) is 2.30. The van der Waals surface area contributed by atoms with E-state index in [1.807, 2.05) is 30.3 Å². The van der Waals surface area contributed by atoms with Crippen molar-refractivity contribution >= 4 is 0 Å². The van der Waals surface area contributed by atoms with Gasteiger partial charge in [-0.1, -0.05) is 30.3 Å². The van der Waals surface area contributed by atoms with Gasteiger partial charge in [-0.2, -0.15) is 13.2 Å². The van der Waals surface area contributed by atoms with Crippen molar-refractivity contribution in [2.75, 3.05) is 0 Å². The minimum absolute atomic E-state index is 0.113. The predicted molar refractivity (Wildman–Crippen MR) is 46.8 cm³/mol. The Morgan fingerprint density at radius 1 is 1.14 bits per heavy atom. The Morgan fingerprint density at radius 3 is 2.36 bits per heavy atom. The molecule has 1 aliphatic rings. The predicted octanol–water partition coefficient (Wildman–Crippen LogP) is 2.65. The van der Waals surface area contributed by atoms with Crippen molar-refractivity contribution in [2.45, 2.75) is 24.7 Å². The number of halogens is 3. The summed E-state index contributed by atoms with van der Waals surface area (Å²) in [5.41, 5.74) is 0.932. The smallest absolute Gasteiger partial charge is 0.304 e. The summed E-state index contributed by atoms with van der Waals surface area (Å²) >= 11 is 0. The molecule has 0 bridgehead atoms. The molecule has 2 rings (SSSR count). The fraction of sp³-hybridized carbons (Fsp3) is 0.400. The molecule has 1 nitrogen and oxygen atoms in total. The maximum absolute atomic E-state index is 12.0. The first-order valence-corrected chi connectivity index (χ1v) is 4.44. The van der Waals surface area contributed by atoms with Gasteiger partial charge in [-0.25, -0.2) is 0 Å². The van der Waals surface area contributed by atoms with Crippen LogP contribution in [-0.4, -0.2) is 12.2 Å². The third-order valence-corrected chi connectivity index (χ3v) is 2.30. The van der Waals surface area contributed by atoms with Crippen molar-refractivity contribution in [2.24, 2.45) is 0 Å². The first-order chi connectivity index (χ1) is 6.56. The fourth-order valence-electron chi connectivity index (χ4n) is 1.59. The van der Waals surface area contributed by atoms with Crippen LogP contribution in [0.5, 0.6) is 0 Å². The average molecular weight is 201 g/mol. The van der Waals surface area contributed by atoms with Gasteiger partial charge >= 0.3 is 6.18 Å². The SMILES string of the molecule is FC(F)(F)CC1NC1c1ccccc1. The van der Waals surface area contributed by atoms with Gasteiger partial charge in [-0.15, -0.1) is 0 Å². The zero-order valence-electron chi connectivity index (χ0n) is 7.38. The molecule has 2 unspecified atom stereocenters. The monoisotopic (exact) mass is 201 g/mol. The first kappa shape index (κ1) is 9.52. The highest BCUT2D eigenvalue weighted by molar-refractivity contribution is 5.26. The Bertz CT molecular complexity index is 307. The molecule has 1 aliphatic heterocycles. The van der Waals surface area contributed by atoms with Gasteiger partial charge < -0.3 is 5.32 Å². The van der Waals surface area contributed by atoms with E-state index in [-0.39, 0.29) is 6.04 Å². The highest BCUT2D eigenvalue weighted by Crippen LogP contribution is 2.37. The minimum Gasteiger partial charge on any atom is -0.304 e. The van der Waals surface area contributed by atoms with Crippen LogP contribution in [-0.2, 0) is 0 Å². The van der Waals surface area contributed by atoms with Gasteiger partial charge in [-0.05, 0) is 5.56 Å². The van der Waals surface area contributed by atoms with Crippen LogP contribution in [0.3, 0.4) is 0 Å². The summed E-state index contributed by atoms with van der Waals surface area (Å²) in [6.07, 6.45) is -4.81. The summed E-state index contributed by atoms with van der Waals surface area (Å²) in [6.45, 7) is 0. The molecule has 4 heteroatoms. The second-order valence-corrected chi connectivity index (χ2v) is 3.48. The lowest BCUT2D eigenvalue weighted by Gasteiger charge is -2.03. The molecular weight excluding hydrogens is 191 g/mol. The minimum atomic E-state index is -4.07. The van der Waals surface area contributed by atoms with Crippen LogP contribution in [0, 0.1) is 0 Å². The summed E-state index contributed by atoms with van der Waals surface area (Å²) in [7, 11) is 0. The van der Waals surface area contributed by atoms with E-state index in [0.717, 1.165) is 5.56 Å². The van der Waals surface area contributed by atoms with Crippen LogP contribution in [0.1, 0.15) is 18.0 Å². The van der Waals surface area contributed by atoms with Gasteiger partial charge in [0.25, 0.3) is 0 Å². The molecule has 0 aliphatic carbocycles. The highest BCUT2D eigenvalue weighted by atomic mass is 19.4. The molecule has 76 valence electrons. The van der Waals surface area contributed by atoms with E-state index in [2.05, 4.69) is 5.32 Å². The van der Waals surface area contributed by atoms with Gasteiger partial charge in [0.05, 0.1) is 6.42 Å². The molecular formula is C10H10F3N. The number of alkyl halides is 3. The van der Waals surface area contributed by atoms with Crippen molar-refractivity contribution in [1.29, 1.82) is 0 Å². The van der Waals surface area contributed by atoms with Crippen LogP contribution >= 0.6 is 0 Å². The molecule has 14 heavy (non-hydrogen) atoms. The van der Waals surface area contributed by atoms with Gasteiger partial charge in [0, 0.05) is 12.1 Å². The van der Waals surface area contributed by atoms with E-state index in [1.54, 1.807) is 0 Å². The second-order valence-electron chi connectivity index (χ2n) is 3.48. The lowest BCUT2D eigenvalue weighted by Crippen LogP contribution is -2.12. The number of nitrogens with one attached hydrogen (secondary N) is 1. The molecule has 1 aromatic rings. The lowest BCUT2D eigenvalue weighted by molar-refractivity contribution is -0.134. The number of hydrogen-bond acceptors (Lipinski definition) is 1. The Hall–Kier alpha value is -1.03. The molecule has 0 saturated carbocycles. The summed E-state index contributed by atoms with van der Waals surface area (Å²) < 4.78 is 36.0.